The van der Waals surface area contributed by atoms with Gasteiger partial charge >= 0.3 is 0 Å². The van der Waals surface area contributed by atoms with Crippen LogP contribution in [-0.2, 0) is 10.2 Å². The molecule has 7 heteroatoms. The fourth-order valence-corrected chi connectivity index (χ4v) is 5.00. The molecule has 1 amide bonds. The quantitative estimate of drug-likeness (QED) is 0.860. The number of carbonyl (C=O) groups is 1. The van der Waals surface area contributed by atoms with Crippen molar-refractivity contribution in [2.45, 2.75) is 44.9 Å². The first-order valence-corrected chi connectivity index (χ1v) is 9.66. The van der Waals surface area contributed by atoms with Gasteiger partial charge in [-0.2, -0.15) is 10.5 Å². The summed E-state index contributed by atoms with van der Waals surface area (Å²) < 4.78 is 5.64. The monoisotopic (exact) mass is 387 g/mol. The molecule has 1 aromatic carbocycles. The molecule has 0 spiro atoms. The maximum Gasteiger partial charge on any atom is 0.237 e. The van der Waals surface area contributed by atoms with E-state index in [9.17, 15) is 15.3 Å². The lowest BCUT2D eigenvalue weighted by molar-refractivity contribution is -0.124. The highest BCUT2D eigenvalue weighted by atomic mass is 16.5. The molecular weight excluding hydrogens is 366 g/mol. The third-order valence-electron chi connectivity index (χ3n) is 6.47. The number of amides is 1. The third-order valence-corrected chi connectivity index (χ3v) is 6.47. The number of fused-ring (bicyclic) bond motifs is 5. The highest BCUT2D eigenvalue weighted by molar-refractivity contribution is 6.02. The Kier molecular flexibility index (Phi) is 4.28. The molecule has 1 N–H and O–H groups in total. The Morgan fingerprint density at radius 3 is 2.62 bits per heavy atom. The summed E-state index contributed by atoms with van der Waals surface area (Å²) in [6.07, 6.45) is 1.40. The zero-order valence-electron chi connectivity index (χ0n) is 16.6. The number of nitriles is 2. The van der Waals surface area contributed by atoms with Crippen LogP contribution < -0.4 is 10.1 Å². The minimum Gasteiger partial charge on any atom is -0.492 e. The van der Waals surface area contributed by atoms with Crippen LogP contribution in [-0.4, -0.2) is 22.5 Å². The summed E-state index contributed by atoms with van der Waals surface area (Å²) in [5.41, 5.74) is 0.428. The summed E-state index contributed by atoms with van der Waals surface area (Å²) in [5.74, 6) is 0.436. The fourth-order valence-electron chi connectivity index (χ4n) is 5.00. The van der Waals surface area contributed by atoms with Crippen molar-refractivity contribution >= 4 is 11.6 Å². The van der Waals surface area contributed by atoms with Crippen molar-refractivity contribution in [2.75, 3.05) is 11.9 Å². The van der Waals surface area contributed by atoms with Crippen molar-refractivity contribution in [1.82, 2.24) is 9.97 Å². The summed E-state index contributed by atoms with van der Waals surface area (Å²) in [6, 6.07) is 11.2. The number of carbonyl (C=O) groups excluding carboxylic acids is 1. The molecule has 1 saturated carbocycles. The lowest BCUT2D eigenvalue weighted by Gasteiger charge is -2.36. The molecule has 0 saturated heterocycles. The van der Waals surface area contributed by atoms with Gasteiger partial charge in [0.05, 0.1) is 29.1 Å². The predicted molar refractivity (Wildman–Crippen MR) is 105 cm³/mol. The van der Waals surface area contributed by atoms with Crippen molar-refractivity contribution in [3.8, 4) is 17.9 Å². The SMILES string of the molecule is CCOc1ccccc1NC(=O)C12CCC(c3nc(C#N)c(C#N)nc31)C2(C)C. The number of hydrogen-bond donors (Lipinski definition) is 1. The summed E-state index contributed by atoms with van der Waals surface area (Å²) in [4.78, 5) is 22.6. The lowest BCUT2D eigenvalue weighted by Crippen LogP contribution is -2.47. The van der Waals surface area contributed by atoms with Crippen molar-refractivity contribution in [2.24, 2.45) is 5.41 Å². The van der Waals surface area contributed by atoms with Gasteiger partial charge in [-0.25, -0.2) is 9.97 Å². The first-order chi connectivity index (χ1) is 13.9. The van der Waals surface area contributed by atoms with E-state index < -0.39 is 10.8 Å². The van der Waals surface area contributed by atoms with Gasteiger partial charge in [0.25, 0.3) is 0 Å². The molecule has 1 fully saturated rings. The van der Waals surface area contributed by atoms with Crippen LogP contribution in [0, 0.1) is 28.1 Å². The van der Waals surface area contributed by atoms with Gasteiger partial charge in [0.15, 0.2) is 11.4 Å². The zero-order valence-corrected chi connectivity index (χ0v) is 16.6. The molecule has 2 atom stereocenters. The molecule has 1 aromatic heterocycles. The number of rotatable bonds is 4. The first kappa shape index (κ1) is 18.9. The van der Waals surface area contributed by atoms with E-state index in [2.05, 4.69) is 15.3 Å². The molecule has 0 aliphatic heterocycles. The largest absolute Gasteiger partial charge is 0.492 e. The van der Waals surface area contributed by atoms with Gasteiger partial charge < -0.3 is 10.1 Å². The van der Waals surface area contributed by atoms with Gasteiger partial charge in [-0.05, 0) is 37.3 Å². The molecule has 0 radical (unpaired) electrons. The van der Waals surface area contributed by atoms with Crippen LogP contribution in [0.15, 0.2) is 24.3 Å². The normalized spacial score (nSPS) is 23.0. The number of nitrogens with one attached hydrogen (secondary N) is 1. The van der Waals surface area contributed by atoms with Crippen molar-refractivity contribution in [1.29, 1.82) is 10.5 Å². The summed E-state index contributed by atoms with van der Waals surface area (Å²) >= 11 is 0. The van der Waals surface area contributed by atoms with Gasteiger partial charge in [0, 0.05) is 5.92 Å². The molecule has 2 aromatic rings. The van der Waals surface area contributed by atoms with Gasteiger partial charge in [0.1, 0.15) is 17.9 Å². The van der Waals surface area contributed by atoms with Crippen molar-refractivity contribution < 1.29 is 9.53 Å². The summed E-state index contributed by atoms with van der Waals surface area (Å²) in [6.45, 7) is 6.46. The number of ether oxygens (including phenoxy) is 1. The molecule has 2 aliphatic carbocycles. The topological polar surface area (TPSA) is 112 Å². The zero-order chi connectivity index (χ0) is 20.8. The molecule has 1 heterocycles. The molecule has 146 valence electrons. The van der Waals surface area contributed by atoms with Crippen LogP contribution in [0.2, 0.25) is 0 Å². The molecule has 7 nitrogen and oxygen atoms in total. The minimum atomic E-state index is -0.918. The number of hydrogen-bond acceptors (Lipinski definition) is 6. The Morgan fingerprint density at radius 1 is 1.24 bits per heavy atom. The van der Waals surface area contributed by atoms with E-state index in [1.165, 1.54) is 0 Å². The van der Waals surface area contributed by atoms with Crippen LogP contribution in [0.4, 0.5) is 5.69 Å². The highest BCUT2D eigenvalue weighted by Gasteiger charge is 2.68. The van der Waals surface area contributed by atoms with Gasteiger partial charge in [0.2, 0.25) is 5.91 Å². The molecule has 2 aliphatic rings. The Labute approximate surface area is 169 Å². The summed E-state index contributed by atoms with van der Waals surface area (Å²) in [7, 11) is 0. The average molecular weight is 387 g/mol. The van der Waals surface area contributed by atoms with Gasteiger partial charge in [-0.3, -0.25) is 4.79 Å². The van der Waals surface area contributed by atoms with E-state index in [1.807, 2.05) is 51.1 Å². The van der Waals surface area contributed by atoms with E-state index in [4.69, 9.17) is 4.74 Å². The number of benzene rings is 1. The van der Waals surface area contributed by atoms with Crippen molar-refractivity contribution in [3.63, 3.8) is 0 Å². The Bertz CT molecular complexity index is 1100. The minimum absolute atomic E-state index is 0.0118. The van der Waals surface area contributed by atoms with Crippen LogP contribution in [0.3, 0.4) is 0 Å². The molecule has 2 bridgehead atoms. The number of anilines is 1. The second-order valence-corrected chi connectivity index (χ2v) is 7.98. The first-order valence-electron chi connectivity index (χ1n) is 9.66. The van der Waals surface area contributed by atoms with E-state index in [-0.39, 0.29) is 23.2 Å². The second kappa shape index (κ2) is 6.56. The predicted octanol–water partition coefficient (Wildman–Crippen LogP) is 3.41. The Balaban J connectivity index is 1.83. The lowest BCUT2D eigenvalue weighted by atomic mass is 9.67. The van der Waals surface area contributed by atoms with Crippen LogP contribution in [0.5, 0.6) is 5.75 Å². The van der Waals surface area contributed by atoms with Crippen molar-refractivity contribution in [3.05, 3.63) is 47.0 Å². The fraction of sp³-hybridized carbons (Fsp3) is 0.409. The molecule has 29 heavy (non-hydrogen) atoms. The second-order valence-electron chi connectivity index (χ2n) is 7.98. The van der Waals surface area contributed by atoms with Gasteiger partial charge in [-0.15, -0.1) is 0 Å². The maximum atomic E-state index is 13.7. The number of aromatic nitrogens is 2. The average Bonchev–Trinajstić information content (AvgIpc) is 3.10. The standard InChI is InChI=1S/C22H21N5O2/c1-4-29-17-8-6-5-7-14(17)27-20(28)22-10-9-13(21(22,2)3)18-19(22)26-16(12-24)15(11-23)25-18/h5-8,13H,4,9-10H2,1-3H3,(H,27,28). The highest BCUT2D eigenvalue weighted by Crippen LogP contribution is 2.67. The van der Waals surface area contributed by atoms with Crippen LogP contribution in [0.25, 0.3) is 0 Å². The summed E-state index contributed by atoms with van der Waals surface area (Å²) in [5, 5.41) is 21.8. The Hall–Kier alpha value is -3.45. The van der Waals surface area contributed by atoms with E-state index >= 15 is 0 Å². The number of nitrogens with zero attached hydrogens (tertiary/aromatic N) is 4. The van der Waals surface area contributed by atoms with Gasteiger partial charge in [-0.1, -0.05) is 26.0 Å². The third kappa shape index (κ3) is 2.44. The Morgan fingerprint density at radius 2 is 1.93 bits per heavy atom. The number of para-hydroxylation sites is 2. The van der Waals surface area contributed by atoms with Crippen LogP contribution >= 0.6 is 0 Å². The van der Waals surface area contributed by atoms with Crippen LogP contribution in [0.1, 0.15) is 62.3 Å². The van der Waals surface area contributed by atoms with E-state index in [0.717, 1.165) is 6.42 Å². The molecule has 4 rings (SSSR count). The van der Waals surface area contributed by atoms with E-state index in [1.54, 1.807) is 6.07 Å². The molecule has 2 unspecified atom stereocenters. The maximum absolute atomic E-state index is 13.7. The molecular formula is C22H21N5O2. The van der Waals surface area contributed by atoms with E-state index in [0.29, 0.717) is 35.9 Å². The smallest absolute Gasteiger partial charge is 0.237 e.